The zero-order valence-corrected chi connectivity index (χ0v) is 14.4. The Morgan fingerprint density at radius 3 is 2.48 bits per heavy atom. The Balaban J connectivity index is 1.63. The average Bonchev–Trinajstić information content (AvgIpc) is 3.18. The van der Waals surface area contributed by atoms with E-state index in [4.69, 9.17) is 14.2 Å². The lowest BCUT2D eigenvalue weighted by Crippen LogP contribution is -2.23. The van der Waals surface area contributed by atoms with Crippen molar-refractivity contribution in [2.24, 2.45) is 0 Å². The molecule has 2 aliphatic rings. The maximum atomic E-state index is 13.2. The minimum atomic E-state index is -0.459. The monoisotopic (exact) mass is 356 g/mol. The van der Waals surface area contributed by atoms with Gasteiger partial charge in [-0.1, -0.05) is 48.5 Å². The van der Waals surface area contributed by atoms with Gasteiger partial charge in [-0.2, -0.15) is 0 Å². The molecule has 0 saturated carbocycles. The minimum Gasteiger partial charge on any atom is -0.480 e. The third kappa shape index (κ3) is 2.75. The summed E-state index contributed by atoms with van der Waals surface area (Å²) in [6.07, 6.45) is 1.41. The third-order valence-corrected chi connectivity index (χ3v) is 4.74. The molecule has 27 heavy (non-hydrogen) atoms. The van der Waals surface area contributed by atoms with Crippen LogP contribution >= 0.6 is 0 Å². The predicted octanol–water partition coefficient (Wildman–Crippen LogP) is 4.82. The molecular formula is C23H16O4. The maximum Gasteiger partial charge on any atom is 0.231 e. The van der Waals surface area contributed by atoms with Crippen LogP contribution in [-0.2, 0) is 0 Å². The van der Waals surface area contributed by atoms with Gasteiger partial charge in [0.25, 0.3) is 0 Å². The van der Waals surface area contributed by atoms with Gasteiger partial charge in [-0.3, -0.25) is 4.79 Å². The topological polar surface area (TPSA) is 44.8 Å². The van der Waals surface area contributed by atoms with E-state index in [1.54, 1.807) is 6.07 Å². The van der Waals surface area contributed by atoms with Gasteiger partial charge in [0.15, 0.2) is 23.4 Å². The summed E-state index contributed by atoms with van der Waals surface area (Å²) in [5.41, 5.74) is 2.98. The second-order valence-electron chi connectivity index (χ2n) is 6.45. The Morgan fingerprint density at radius 1 is 0.815 bits per heavy atom. The lowest BCUT2D eigenvalue weighted by Gasteiger charge is -2.28. The van der Waals surface area contributed by atoms with Gasteiger partial charge in [0, 0.05) is 5.57 Å². The molecule has 4 heteroatoms. The van der Waals surface area contributed by atoms with E-state index in [0.717, 1.165) is 11.1 Å². The summed E-state index contributed by atoms with van der Waals surface area (Å²) in [6, 6.07) is 22.8. The molecule has 3 aromatic carbocycles. The predicted molar refractivity (Wildman–Crippen MR) is 101 cm³/mol. The van der Waals surface area contributed by atoms with Gasteiger partial charge in [-0.05, 0) is 41.5 Å². The number of carbonyl (C=O) groups excluding carboxylic acids is 1. The minimum absolute atomic E-state index is 0.0247. The summed E-state index contributed by atoms with van der Waals surface area (Å²) in [6.45, 7) is 0.220. The molecule has 0 fully saturated rings. The molecular weight excluding hydrogens is 340 g/mol. The molecule has 0 aromatic heterocycles. The van der Waals surface area contributed by atoms with Crippen molar-refractivity contribution in [3.8, 4) is 17.2 Å². The van der Waals surface area contributed by atoms with Gasteiger partial charge in [0.2, 0.25) is 6.79 Å². The second-order valence-corrected chi connectivity index (χ2v) is 6.45. The van der Waals surface area contributed by atoms with Crippen molar-refractivity contribution < 1.29 is 19.0 Å². The van der Waals surface area contributed by atoms with Crippen LogP contribution in [0.15, 0.2) is 78.4 Å². The summed E-state index contributed by atoms with van der Waals surface area (Å²) in [7, 11) is 0. The number of ketones is 1. The Morgan fingerprint density at radius 2 is 1.59 bits per heavy atom. The highest BCUT2D eigenvalue weighted by molar-refractivity contribution is 6.14. The fourth-order valence-electron chi connectivity index (χ4n) is 3.42. The molecule has 0 saturated heterocycles. The fourth-order valence-corrected chi connectivity index (χ4v) is 3.42. The van der Waals surface area contributed by atoms with Crippen molar-refractivity contribution in [1.82, 2.24) is 0 Å². The lowest BCUT2D eigenvalue weighted by atomic mass is 9.89. The number of benzene rings is 3. The Labute approximate surface area is 156 Å². The molecule has 3 aromatic rings. The molecule has 0 amide bonds. The quantitative estimate of drug-likeness (QED) is 0.618. The molecule has 4 nitrogen and oxygen atoms in total. The first-order valence-corrected chi connectivity index (χ1v) is 8.76. The highest BCUT2D eigenvalue weighted by Crippen LogP contribution is 2.40. The SMILES string of the molecule is O=C1C(=Cc2ccc3c(c2)OCO3)C(c2ccccc2)Oc2ccccc21. The van der Waals surface area contributed by atoms with Crippen molar-refractivity contribution in [2.75, 3.05) is 6.79 Å². The molecule has 1 unspecified atom stereocenters. The summed E-state index contributed by atoms with van der Waals surface area (Å²) < 4.78 is 17.0. The van der Waals surface area contributed by atoms with E-state index >= 15 is 0 Å². The van der Waals surface area contributed by atoms with E-state index in [0.29, 0.717) is 28.4 Å². The van der Waals surface area contributed by atoms with Crippen LogP contribution in [-0.4, -0.2) is 12.6 Å². The zero-order valence-electron chi connectivity index (χ0n) is 14.4. The number of hydrogen-bond donors (Lipinski definition) is 0. The van der Waals surface area contributed by atoms with Crippen molar-refractivity contribution in [3.63, 3.8) is 0 Å². The number of rotatable bonds is 2. The van der Waals surface area contributed by atoms with E-state index < -0.39 is 6.10 Å². The molecule has 0 spiro atoms. The third-order valence-electron chi connectivity index (χ3n) is 4.74. The van der Waals surface area contributed by atoms with E-state index in [1.807, 2.05) is 72.8 Å². The maximum absolute atomic E-state index is 13.2. The van der Waals surface area contributed by atoms with Gasteiger partial charge >= 0.3 is 0 Å². The zero-order chi connectivity index (χ0) is 18.2. The number of carbonyl (C=O) groups is 1. The summed E-state index contributed by atoms with van der Waals surface area (Å²) in [4.78, 5) is 13.2. The number of Topliss-reactive ketones (excluding diaryl/α,β-unsaturated/α-hetero) is 1. The normalized spacial score (nSPS) is 18.9. The van der Waals surface area contributed by atoms with E-state index in [-0.39, 0.29) is 12.6 Å². The van der Waals surface area contributed by atoms with Gasteiger partial charge in [0.05, 0.1) is 5.56 Å². The Hall–Kier alpha value is -3.53. The van der Waals surface area contributed by atoms with E-state index in [2.05, 4.69) is 0 Å². The highest BCUT2D eigenvalue weighted by Gasteiger charge is 2.32. The van der Waals surface area contributed by atoms with Crippen LogP contribution in [0, 0.1) is 0 Å². The van der Waals surface area contributed by atoms with Crippen molar-refractivity contribution >= 4 is 11.9 Å². The second kappa shape index (κ2) is 6.32. The Bertz CT molecular complexity index is 1050. The first-order chi connectivity index (χ1) is 13.3. The molecule has 0 aliphatic carbocycles. The standard InChI is InChI=1S/C23H16O4/c24-22-17-8-4-5-9-19(17)27-23(16-6-2-1-3-7-16)18(22)12-15-10-11-20-21(13-15)26-14-25-20/h1-13,23H,14H2. The number of hydrogen-bond acceptors (Lipinski definition) is 4. The van der Waals surface area contributed by atoms with Crippen LogP contribution < -0.4 is 14.2 Å². The average molecular weight is 356 g/mol. The number of ether oxygens (including phenoxy) is 3. The van der Waals surface area contributed by atoms with Crippen molar-refractivity contribution in [2.45, 2.75) is 6.10 Å². The molecule has 2 heterocycles. The largest absolute Gasteiger partial charge is 0.480 e. The molecule has 0 bridgehead atoms. The van der Waals surface area contributed by atoms with E-state index in [9.17, 15) is 4.79 Å². The van der Waals surface area contributed by atoms with Crippen LogP contribution in [0.1, 0.15) is 27.6 Å². The van der Waals surface area contributed by atoms with Gasteiger partial charge in [-0.25, -0.2) is 0 Å². The lowest BCUT2D eigenvalue weighted by molar-refractivity contribution is 0.0963. The summed E-state index contributed by atoms with van der Waals surface area (Å²) >= 11 is 0. The van der Waals surface area contributed by atoms with Crippen LogP contribution in [0.5, 0.6) is 17.2 Å². The molecule has 0 radical (unpaired) electrons. The van der Waals surface area contributed by atoms with Crippen LogP contribution in [0.3, 0.4) is 0 Å². The fraction of sp³-hybridized carbons (Fsp3) is 0.0870. The molecule has 0 N–H and O–H groups in total. The van der Waals surface area contributed by atoms with Crippen molar-refractivity contribution in [3.05, 3.63) is 95.1 Å². The van der Waals surface area contributed by atoms with Crippen LogP contribution in [0.25, 0.3) is 6.08 Å². The number of para-hydroxylation sites is 1. The first-order valence-electron chi connectivity index (χ1n) is 8.76. The molecule has 1 atom stereocenters. The van der Waals surface area contributed by atoms with E-state index in [1.165, 1.54) is 0 Å². The summed E-state index contributed by atoms with van der Waals surface area (Å²) in [5, 5.41) is 0. The molecule has 5 rings (SSSR count). The van der Waals surface area contributed by atoms with Crippen molar-refractivity contribution in [1.29, 1.82) is 0 Å². The Kier molecular flexibility index (Phi) is 3.68. The molecule has 132 valence electrons. The molecule has 2 aliphatic heterocycles. The summed E-state index contributed by atoms with van der Waals surface area (Å²) in [5.74, 6) is 1.99. The number of fused-ring (bicyclic) bond motifs is 2. The van der Waals surface area contributed by atoms with Gasteiger partial charge in [-0.15, -0.1) is 0 Å². The smallest absolute Gasteiger partial charge is 0.231 e. The highest BCUT2D eigenvalue weighted by atomic mass is 16.7. The van der Waals surface area contributed by atoms with Gasteiger partial charge in [0.1, 0.15) is 5.75 Å². The van der Waals surface area contributed by atoms with Gasteiger partial charge < -0.3 is 14.2 Å². The first kappa shape index (κ1) is 15.7. The van der Waals surface area contributed by atoms with Crippen LogP contribution in [0.4, 0.5) is 0 Å². The van der Waals surface area contributed by atoms with Crippen LogP contribution in [0.2, 0.25) is 0 Å².